The normalized spacial score (nSPS) is 14.8. The molecule has 0 bridgehead atoms. The Morgan fingerprint density at radius 2 is 1.93 bits per heavy atom. The van der Waals surface area contributed by atoms with E-state index in [0.29, 0.717) is 6.54 Å². The van der Waals surface area contributed by atoms with Crippen molar-refractivity contribution in [3.8, 4) is 0 Å². The lowest BCUT2D eigenvalue weighted by molar-refractivity contribution is -0.384. The van der Waals surface area contributed by atoms with E-state index in [2.05, 4.69) is 31.0 Å². The Labute approximate surface area is 166 Å². The molecule has 0 atom stereocenters. The van der Waals surface area contributed by atoms with Crippen LogP contribution in [-0.4, -0.2) is 48.5 Å². The van der Waals surface area contributed by atoms with Crippen molar-refractivity contribution in [2.75, 3.05) is 42.9 Å². The average Bonchev–Trinajstić information content (AvgIpc) is 2.65. The van der Waals surface area contributed by atoms with E-state index in [0.717, 1.165) is 47.6 Å². The van der Waals surface area contributed by atoms with E-state index in [1.165, 1.54) is 6.07 Å². The molecule has 1 amide bonds. The van der Waals surface area contributed by atoms with Gasteiger partial charge in [-0.2, -0.15) is 0 Å². The van der Waals surface area contributed by atoms with Gasteiger partial charge in [0, 0.05) is 48.5 Å². The molecule has 0 saturated carbocycles. The minimum atomic E-state index is -0.382. The van der Waals surface area contributed by atoms with E-state index in [1.54, 1.807) is 12.1 Å². The fourth-order valence-corrected chi connectivity index (χ4v) is 3.67. The molecule has 142 valence electrons. The Hall–Kier alpha value is -2.45. The van der Waals surface area contributed by atoms with Crippen LogP contribution in [0.25, 0.3) is 0 Å². The van der Waals surface area contributed by atoms with Crippen LogP contribution in [-0.2, 0) is 4.79 Å². The predicted octanol–water partition coefficient (Wildman–Crippen LogP) is 3.43. The van der Waals surface area contributed by atoms with E-state index >= 15 is 0 Å². The van der Waals surface area contributed by atoms with Crippen molar-refractivity contribution in [1.29, 1.82) is 0 Å². The number of carbonyl (C=O) groups is 1. The van der Waals surface area contributed by atoms with Crippen LogP contribution in [0.1, 0.15) is 5.56 Å². The molecule has 1 aliphatic heterocycles. The van der Waals surface area contributed by atoms with Crippen LogP contribution in [0.4, 0.5) is 17.1 Å². The number of nitrogens with one attached hydrogen (secondary N) is 1. The Morgan fingerprint density at radius 3 is 2.59 bits per heavy atom. The lowest BCUT2D eigenvalue weighted by atomic mass is 10.2. The number of hydrogen-bond acceptors (Lipinski definition) is 5. The number of nitrogens with zero attached hydrogens (tertiary/aromatic N) is 3. The number of rotatable bonds is 5. The highest BCUT2D eigenvalue weighted by Crippen LogP contribution is 2.24. The summed E-state index contributed by atoms with van der Waals surface area (Å²) in [5.74, 6) is -0.0525. The molecule has 2 aromatic carbocycles. The van der Waals surface area contributed by atoms with Crippen LogP contribution < -0.4 is 10.2 Å². The van der Waals surface area contributed by atoms with Crippen molar-refractivity contribution in [2.24, 2.45) is 0 Å². The molecule has 1 heterocycles. The lowest BCUT2D eigenvalue weighted by Gasteiger charge is -2.35. The molecule has 1 saturated heterocycles. The summed E-state index contributed by atoms with van der Waals surface area (Å²) in [5, 5.41) is 13.9. The maximum Gasteiger partial charge on any atom is 0.271 e. The van der Waals surface area contributed by atoms with Crippen molar-refractivity contribution in [3.63, 3.8) is 0 Å². The Balaban J connectivity index is 1.52. The molecule has 1 aliphatic rings. The van der Waals surface area contributed by atoms with Gasteiger partial charge in [-0.15, -0.1) is 0 Å². The quantitative estimate of drug-likeness (QED) is 0.578. The SMILES string of the molecule is Cc1ccc(NC(=O)CN2CCN(c3cccc([N+](=O)[O-])c3)CC2)c(Br)c1. The number of benzene rings is 2. The molecule has 27 heavy (non-hydrogen) atoms. The second-order valence-electron chi connectivity index (χ2n) is 6.57. The van der Waals surface area contributed by atoms with Gasteiger partial charge in [-0.3, -0.25) is 19.8 Å². The van der Waals surface area contributed by atoms with Crippen molar-refractivity contribution in [3.05, 3.63) is 62.6 Å². The van der Waals surface area contributed by atoms with Crippen molar-refractivity contribution in [1.82, 2.24) is 4.90 Å². The third-order valence-corrected chi connectivity index (χ3v) is 5.20. The summed E-state index contributed by atoms with van der Waals surface area (Å²) < 4.78 is 0.867. The smallest absolute Gasteiger partial charge is 0.271 e. The number of nitro groups is 1. The highest BCUT2D eigenvalue weighted by atomic mass is 79.9. The van der Waals surface area contributed by atoms with Crippen LogP contribution in [0.15, 0.2) is 46.9 Å². The zero-order valence-corrected chi connectivity index (χ0v) is 16.6. The number of halogens is 1. The first-order chi connectivity index (χ1) is 12.9. The van der Waals surface area contributed by atoms with Crippen molar-refractivity contribution < 1.29 is 9.72 Å². The topological polar surface area (TPSA) is 78.7 Å². The summed E-state index contributed by atoms with van der Waals surface area (Å²) in [4.78, 5) is 27.1. The van der Waals surface area contributed by atoms with Gasteiger partial charge in [0.2, 0.25) is 5.91 Å². The monoisotopic (exact) mass is 432 g/mol. The maximum absolute atomic E-state index is 12.3. The number of carbonyl (C=O) groups excluding carboxylic acids is 1. The summed E-state index contributed by atoms with van der Waals surface area (Å²) in [6, 6.07) is 12.5. The second-order valence-corrected chi connectivity index (χ2v) is 7.43. The van der Waals surface area contributed by atoms with E-state index in [9.17, 15) is 14.9 Å². The highest BCUT2D eigenvalue weighted by Gasteiger charge is 2.20. The third-order valence-electron chi connectivity index (χ3n) is 4.54. The standard InChI is InChI=1S/C19H21BrN4O3/c1-14-5-6-18(17(20)11-14)21-19(25)13-22-7-9-23(10-8-22)15-3-2-4-16(12-15)24(26)27/h2-6,11-12H,7-10,13H2,1H3,(H,21,25). The molecule has 0 aliphatic carbocycles. The molecule has 3 rings (SSSR count). The maximum atomic E-state index is 12.3. The zero-order valence-electron chi connectivity index (χ0n) is 15.0. The zero-order chi connectivity index (χ0) is 19.4. The predicted molar refractivity (Wildman–Crippen MR) is 109 cm³/mol. The number of aryl methyl sites for hydroxylation is 1. The number of piperazine rings is 1. The van der Waals surface area contributed by atoms with E-state index in [4.69, 9.17) is 0 Å². The van der Waals surface area contributed by atoms with Gasteiger partial charge in [-0.05, 0) is 46.6 Å². The number of nitro benzene ring substituents is 1. The van der Waals surface area contributed by atoms with E-state index in [-0.39, 0.29) is 16.5 Å². The summed E-state index contributed by atoms with van der Waals surface area (Å²) >= 11 is 3.47. The minimum absolute atomic E-state index is 0.0525. The first-order valence-corrected chi connectivity index (χ1v) is 9.49. The van der Waals surface area contributed by atoms with Gasteiger partial charge in [0.05, 0.1) is 17.2 Å². The minimum Gasteiger partial charge on any atom is -0.369 e. The first-order valence-electron chi connectivity index (χ1n) is 8.70. The largest absolute Gasteiger partial charge is 0.369 e. The summed E-state index contributed by atoms with van der Waals surface area (Å²) in [5.41, 5.74) is 2.83. The molecular formula is C19H21BrN4O3. The molecule has 8 heteroatoms. The average molecular weight is 433 g/mol. The molecule has 1 N–H and O–H groups in total. The van der Waals surface area contributed by atoms with Gasteiger partial charge >= 0.3 is 0 Å². The number of non-ortho nitro benzene ring substituents is 1. The van der Waals surface area contributed by atoms with Gasteiger partial charge in [0.25, 0.3) is 5.69 Å². The Kier molecular flexibility index (Phi) is 6.08. The number of amides is 1. The number of anilines is 2. The molecule has 1 fully saturated rings. The molecule has 0 radical (unpaired) electrons. The van der Waals surface area contributed by atoms with Crippen LogP contribution in [0, 0.1) is 17.0 Å². The van der Waals surface area contributed by atoms with Crippen LogP contribution >= 0.6 is 15.9 Å². The van der Waals surface area contributed by atoms with Gasteiger partial charge in [-0.25, -0.2) is 0 Å². The fourth-order valence-electron chi connectivity index (χ4n) is 3.08. The summed E-state index contributed by atoms with van der Waals surface area (Å²) in [7, 11) is 0. The van der Waals surface area contributed by atoms with Crippen molar-refractivity contribution in [2.45, 2.75) is 6.92 Å². The highest BCUT2D eigenvalue weighted by molar-refractivity contribution is 9.10. The molecule has 7 nitrogen and oxygen atoms in total. The van der Waals surface area contributed by atoms with E-state index < -0.39 is 0 Å². The number of hydrogen-bond donors (Lipinski definition) is 1. The van der Waals surface area contributed by atoms with Gasteiger partial charge in [0.1, 0.15) is 0 Å². The lowest BCUT2D eigenvalue weighted by Crippen LogP contribution is -2.48. The van der Waals surface area contributed by atoms with Crippen LogP contribution in [0.2, 0.25) is 0 Å². The van der Waals surface area contributed by atoms with Gasteiger partial charge < -0.3 is 10.2 Å². The van der Waals surface area contributed by atoms with Gasteiger partial charge in [-0.1, -0.05) is 12.1 Å². The summed E-state index contributed by atoms with van der Waals surface area (Å²) in [6.45, 7) is 5.22. The third kappa shape index (κ3) is 5.05. The molecule has 2 aromatic rings. The summed E-state index contributed by atoms with van der Waals surface area (Å²) in [6.07, 6.45) is 0. The molecular weight excluding hydrogens is 412 g/mol. The van der Waals surface area contributed by atoms with Crippen LogP contribution in [0.5, 0.6) is 0 Å². The van der Waals surface area contributed by atoms with Crippen molar-refractivity contribution >= 4 is 38.9 Å². The van der Waals surface area contributed by atoms with Crippen LogP contribution in [0.3, 0.4) is 0 Å². The molecule has 0 spiro atoms. The molecule has 0 unspecified atom stereocenters. The Bertz CT molecular complexity index is 851. The van der Waals surface area contributed by atoms with Gasteiger partial charge in [0.15, 0.2) is 0 Å². The second kappa shape index (κ2) is 8.49. The first kappa shape index (κ1) is 19.3. The van der Waals surface area contributed by atoms with E-state index in [1.807, 2.05) is 31.2 Å². The molecule has 0 aromatic heterocycles. The Morgan fingerprint density at radius 1 is 1.19 bits per heavy atom. The fraction of sp³-hybridized carbons (Fsp3) is 0.316.